The molecule has 170 valence electrons. The zero-order valence-corrected chi connectivity index (χ0v) is 19.8. The van der Waals surface area contributed by atoms with Crippen molar-refractivity contribution in [2.24, 2.45) is 0 Å². The number of benzene rings is 2. The summed E-state index contributed by atoms with van der Waals surface area (Å²) in [6.07, 6.45) is 0. The second-order valence-electron chi connectivity index (χ2n) is 8.21. The molecule has 0 saturated carbocycles. The van der Waals surface area contributed by atoms with Crippen LogP contribution in [-0.4, -0.2) is 65.5 Å². The standard InChI is InChI=1S/C23H21Cl2N5O3/c1-14(31)28(3)29-12-20(16-6-4-15(11-26)5-7-16)23(13-29)21(32)30(22(33)27(23)2)19-9-17(24)8-18(25)10-19/h4-10,20H,12-13H2,1-3H3/t20-,23+/m0/s1. The van der Waals surface area contributed by atoms with Crippen molar-refractivity contribution in [3.63, 3.8) is 0 Å². The predicted octanol–water partition coefficient (Wildman–Crippen LogP) is 3.49. The van der Waals surface area contributed by atoms with Gasteiger partial charge in [-0.25, -0.2) is 14.7 Å². The molecule has 2 aliphatic heterocycles. The molecule has 4 rings (SSSR count). The van der Waals surface area contributed by atoms with Gasteiger partial charge in [0.15, 0.2) is 0 Å². The first-order valence-electron chi connectivity index (χ1n) is 10.2. The minimum absolute atomic E-state index is 0.125. The molecule has 2 saturated heterocycles. The molecule has 2 atom stereocenters. The molecule has 2 heterocycles. The first-order valence-corrected chi connectivity index (χ1v) is 10.9. The third-order valence-corrected chi connectivity index (χ3v) is 6.91. The lowest BCUT2D eigenvalue weighted by atomic mass is 9.80. The Morgan fingerprint density at radius 1 is 1.15 bits per heavy atom. The number of anilines is 1. The van der Waals surface area contributed by atoms with Crippen molar-refractivity contribution in [3.8, 4) is 6.07 Å². The van der Waals surface area contributed by atoms with Gasteiger partial charge in [-0.2, -0.15) is 5.26 Å². The molecule has 8 nitrogen and oxygen atoms in total. The molecule has 0 aliphatic carbocycles. The molecule has 2 aromatic carbocycles. The molecule has 10 heteroatoms. The van der Waals surface area contributed by atoms with Crippen molar-refractivity contribution < 1.29 is 14.4 Å². The van der Waals surface area contributed by atoms with E-state index in [1.54, 1.807) is 43.4 Å². The molecular weight excluding hydrogens is 465 g/mol. The molecule has 2 aromatic rings. The summed E-state index contributed by atoms with van der Waals surface area (Å²) in [6, 6.07) is 13.0. The summed E-state index contributed by atoms with van der Waals surface area (Å²) >= 11 is 12.3. The van der Waals surface area contributed by atoms with Crippen molar-refractivity contribution in [2.75, 3.05) is 32.1 Å². The van der Waals surface area contributed by atoms with Crippen molar-refractivity contribution in [1.82, 2.24) is 14.9 Å². The predicted molar refractivity (Wildman–Crippen MR) is 124 cm³/mol. The van der Waals surface area contributed by atoms with Crippen LogP contribution in [0.25, 0.3) is 0 Å². The van der Waals surface area contributed by atoms with Crippen LogP contribution in [0.1, 0.15) is 24.0 Å². The zero-order chi connectivity index (χ0) is 24.1. The highest BCUT2D eigenvalue weighted by Gasteiger charge is 2.65. The van der Waals surface area contributed by atoms with Crippen LogP contribution in [0.4, 0.5) is 10.5 Å². The Morgan fingerprint density at radius 3 is 2.30 bits per heavy atom. The third kappa shape index (κ3) is 3.62. The van der Waals surface area contributed by atoms with Gasteiger partial charge in [0.1, 0.15) is 5.54 Å². The number of urea groups is 1. The molecule has 1 spiro atoms. The fourth-order valence-corrected chi connectivity index (χ4v) is 5.13. The first-order chi connectivity index (χ1) is 15.6. The van der Waals surface area contributed by atoms with Crippen LogP contribution in [0.5, 0.6) is 0 Å². The Kier molecular flexibility index (Phi) is 5.83. The third-order valence-electron chi connectivity index (χ3n) is 6.47. The van der Waals surface area contributed by atoms with E-state index in [1.807, 2.05) is 0 Å². The first kappa shape index (κ1) is 23.1. The monoisotopic (exact) mass is 485 g/mol. The number of nitrogens with zero attached hydrogens (tertiary/aromatic N) is 5. The number of nitriles is 1. The smallest absolute Gasteiger partial charge is 0.310 e. The summed E-state index contributed by atoms with van der Waals surface area (Å²) in [5, 5.41) is 13.0. The Hall–Kier alpha value is -3.12. The number of rotatable bonds is 3. The Labute approximate surface area is 201 Å². The van der Waals surface area contributed by atoms with Gasteiger partial charge in [0, 0.05) is 43.5 Å². The van der Waals surface area contributed by atoms with Crippen LogP contribution in [0, 0.1) is 11.3 Å². The topological polar surface area (TPSA) is 88.0 Å². The molecule has 33 heavy (non-hydrogen) atoms. The van der Waals surface area contributed by atoms with Crippen LogP contribution in [0.15, 0.2) is 42.5 Å². The van der Waals surface area contributed by atoms with Gasteiger partial charge in [0.2, 0.25) is 5.91 Å². The SMILES string of the molecule is CC(=O)N(C)N1C[C@@H](c2ccc(C#N)cc2)[C@]2(C1)C(=O)N(c1cc(Cl)cc(Cl)c1)C(=O)N2C. The second kappa shape index (κ2) is 8.34. The average Bonchev–Trinajstić information content (AvgIpc) is 3.26. The second-order valence-corrected chi connectivity index (χ2v) is 9.08. The number of likely N-dealkylation sites (N-methyl/N-ethyl adjacent to an activating group) is 1. The summed E-state index contributed by atoms with van der Waals surface area (Å²) in [4.78, 5) is 42.0. The van der Waals surface area contributed by atoms with E-state index in [9.17, 15) is 14.4 Å². The normalized spacial score (nSPS) is 22.8. The Bertz CT molecular complexity index is 1180. The molecule has 0 unspecified atom stereocenters. The number of hydrazine groups is 1. The number of hydrogen-bond donors (Lipinski definition) is 0. The highest BCUT2D eigenvalue weighted by atomic mass is 35.5. The molecule has 2 aliphatic rings. The van der Waals surface area contributed by atoms with Crippen molar-refractivity contribution in [3.05, 3.63) is 63.6 Å². The maximum absolute atomic E-state index is 14.0. The summed E-state index contributed by atoms with van der Waals surface area (Å²) in [7, 11) is 3.22. The van der Waals surface area contributed by atoms with E-state index in [1.165, 1.54) is 35.0 Å². The van der Waals surface area contributed by atoms with E-state index in [2.05, 4.69) is 6.07 Å². The van der Waals surface area contributed by atoms with Crippen LogP contribution in [-0.2, 0) is 9.59 Å². The number of carbonyl (C=O) groups is 3. The summed E-state index contributed by atoms with van der Waals surface area (Å²) in [5.74, 6) is -1.07. The molecule has 4 amide bonds. The van der Waals surface area contributed by atoms with Gasteiger partial charge < -0.3 is 4.90 Å². The van der Waals surface area contributed by atoms with Gasteiger partial charge >= 0.3 is 6.03 Å². The lowest BCUT2D eigenvalue weighted by molar-refractivity contribution is -0.143. The quantitative estimate of drug-likeness (QED) is 0.620. The molecular formula is C23H21Cl2N5O3. The molecule has 0 bridgehead atoms. The maximum Gasteiger partial charge on any atom is 0.332 e. The lowest BCUT2D eigenvalue weighted by Crippen LogP contribution is -2.54. The summed E-state index contributed by atoms with van der Waals surface area (Å²) in [5.41, 5.74) is 0.278. The fourth-order valence-electron chi connectivity index (χ4n) is 4.61. The van der Waals surface area contributed by atoms with E-state index >= 15 is 0 Å². The van der Waals surface area contributed by atoms with E-state index in [0.29, 0.717) is 22.2 Å². The number of imide groups is 1. The van der Waals surface area contributed by atoms with Crippen molar-refractivity contribution in [2.45, 2.75) is 18.4 Å². The number of hydrogen-bond acceptors (Lipinski definition) is 5. The van der Waals surface area contributed by atoms with Crippen LogP contribution in [0.2, 0.25) is 10.0 Å². The van der Waals surface area contributed by atoms with Crippen molar-refractivity contribution in [1.29, 1.82) is 5.26 Å². The average molecular weight is 486 g/mol. The number of amides is 4. The lowest BCUT2D eigenvalue weighted by Gasteiger charge is -2.34. The highest BCUT2D eigenvalue weighted by molar-refractivity contribution is 6.35. The minimum Gasteiger partial charge on any atom is -0.310 e. The maximum atomic E-state index is 14.0. The molecule has 0 radical (unpaired) electrons. The summed E-state index contributed by atoms with van der Waals surface area (Å²) < 4.78 is 0. The van der Waals surface area contributed by atoms with Crippen LogP contribution >= 0.6 is 23.2 Å². The minimum atomic E-state index is -1.27. The van der Waals surface area contributed by atoms with Gasteiger partial charge in [-0.15, -0.1) is 0 Å². The largest absolute Gasteiger partial charge is 0.332 e. The Balaban J connectivity index is 1.84. The molecule has 0 aromatic heterocycles. The van der Waals surface area contributed by atoms with Gasteiger partial charge in [-0.05, 0) is 35.9 Å². The summed E-state index contributed by atoms with van der Waals surface area (Å²) in [6.45, 7) is 1.89. The molecule has 2 fully saturated rings. The van der Waals surface area contributed by atoms with Crippen molar-refractivity contribution >= 4 is 46.7 Å². The Morgan fingerprint density at radius 2 is 1.76 bits per heavy atom. The zero-order valence-electron chi connectivity index (χ0n) is 18.2. The van der Waals surface area contributed by atoms with E-state index < -0.39 is 23.4 Å². The highest BCUT2D eigenvalue weighted by Crippen LogP contribution is 2.46. The van der Waals surface area contributed by atoms with Crippen LogP contribution in [0.3, 0.4) is 0 Å². The van der Waals surface area contributed by atoms with Gasteiger partial charge in [-0.3, -0.25) is 14.6 Å². The van der Waals surface area contributed by atoms with E-state index in [-0.39, 0.29) is 18.1 Å². The van der Waals surface area contributed by atoms with Gasteiger partial charge in [-0.1, -0.05) is 35.3 Å². The molecule has 0 N–H and O–H groups in total. The van der Waals surface area contributed by atoms with Crippen LogP contribution < -0.4 is 4.90 Å². The van der Waals surface area contributed by atoms with Gasteiger partial charge in [0.05, 0.1) is 23.9 Å². The number of carbonyl (C=O) groups excluding carboxylic acids is 3. The number of halogens is 2. The van der Waals surface area contributed by atoms with E-state index in [4.69, 9.17) is 28.5 Å². The van der Waals surface area contributed by atoms with Gasteiger partial charge in [0.25, 0.3) is 5.91 Å². The van der Waals surface area contributed by atoms with E-state index in [0.717, 1.165) is 10.5 Å². The fraction of sp³-hybridized carbons (Fsp3) is 0.304.